The number of aliphatic hydroxyl groups excluding tert-OH is 4. The number of ether oxygens (including phenoxy) is 4. The Morgan fingerprint density at radius 1 is 1.09 bits per heavy atom. The molecule has 3 fully saturated rings. The predicted molar refractivity (Wildman–Crippen MR) is 162 cm³/mol. The summed E-state index contributed by atoms with van der Waals surface area (Å²) >= 11 is 5.98. The smallest absolute Gasteiger partial charge is 0.247 e. The first-order valence-electron chi connectivity index (χ1n) is 14.5. The summed E-state index contributed by atoms with van der Waals surface area (Å²) in [6.07, 6.45) is -8.51. The second-order valence-electron chi connectivity index (χ2n) is 11.7. The normalized spacial score (nSPS) is 34.7. The van der Waals surface area contributed by atoms with Crippen LogP contribution >= 0.6 is 11.6 Å². The zero-order valence-electron chi connectivity index (χ0n) is 25.2. The number of aromatic hydroxyl groups is 1. The lowest BCUT2D eigenvalue weighted by Gasteiger charge is -2.41. The Kier molecular flexibility index (Phi) is 10.2. The number of oxime groups is 1. The van der Waals surface area contributed by atoms with Crippen LogP contribution in [0.4, 0.5) is 0 Å². The largest absolute Gasteiger partial charge is 0.504 e. The molecule has 2 heterocycles. The predicted octanol–water partition coefficient (Wildman–Crippen LogP) is 0.580. The van der Waals surface area contributed by atoms with Crippen LogP contribution in [0.1, 0.15) is 31.9 Å². The van der Waals surface area contributed by atoms with Crippen molar-refractivity contribution in [3.63, 3.8) is 0 Å². The number of carbonyl (C=O) groups excluding carboxylic acids is 1. The van der Waals surface area contributed by atoms with Crippen LogP contribution in [-0.4, -0.2) is 110 Å². The van der Waals surface area contributed by atoms with Gasteiger partial charge >= 0.3 is 0 Å². The molecule has 2 aliphatic heterocycles. The van der Waals surface area contributed by atoms with Gasteiger partial charge in [-0.1, -0.05) is 35.0 Å². The first-order chi connectivity index (χ1) is 21.8. The van der Waals surface area contributed by atoms with Crippen LogP contribution in [-0.2, 0) is 30.4 Å². The number of fused-ring (bicyclic) bond motifs is 1. The Morgan fingerprint density at radius 3 is 2.50 bits per heavy atom. The average molecular weight is 665 g/mol. The van der Waals surface area contributed by atoms with Gasteiger partial charge in [0.15, 0.2) is 17.1 Å². The zero-order valence-corrected chi connectivity index (χ0v) is 25.9. The zero-order chi connectivity index (χ0) is 33.3. The molecule has 2 saturated heterocycles. The number of hydrogen-bond acceptors (Lipinski definition) is 13. The Morgan fingerprint density at radius 2 is 1.80 bits per heavy atom. The van der Waals surface area contributed by atoms with Gasteiger partial charge < -0.3 is 59.7 Å². The minimum absolute atomic E-state index is 0.0695. The molecule has 10 atom stereocenters. The summed E-state index contributed by atoms with van der Waals surface area (Å²) < 4.78 is 22.0. The summed E-state index contributed by atoms with van der Waals surface area (Å²) in [6, 6.07) is 10.0. The maximum Gasteiger partial charge on any atom is 0.247 e. The molecule has 0 bridgehead atoms. The summed E-state index contributed by atoms with van der Waals surface area (Å²) in [6.45, 7) is 4.34. The number of nitrogens with one attached hydrogen (secondary N) is 1. The Hall–Kier alpha value is -3.31. The van der Waals surface area contributed by atoms with E-state index in [0.29, 0.717) is 10.6 Å². The molecule has 5 rings (SSSR count). The van der Waals surface area contributed by atoms with Crippen molar-refractivity contribution in [2.75, 3.05) is 6.79 Å². The number of benzene rings is 2. The van der Waals surface area contributed by atoms with Crippen molar-refractivity contribution < 1.29 is 59.2 Å². The molecule has 250 valence electrons. The molecule has 2 aromatic rings. The third-order valence-electron chi connectivity index (χ3n) is 8.23. The number of halogens is 1. The van der Waals surface area contributed by atoms with E-state index >= 15 is 0 Å². The summed E-state index contributed by atoms with van der Waals surface area (Å²) in [7, 11) is 0. The lowest BCUT2D eigenvalue weighted by Crippen LogP contribution is -2.67. The Balaban J connectivity index is 1.21. The van der Waals surface area contributed by atoms with E-state index in [1.807, 2.05) is 6.07 Å². The molecule has 3 aliphatic rings. The number of phenols is 1. The van der Waals surface area contributed by atoms with Crippen molar-refractivity contribution in [3.8, 4) is 11.5 Å². The van der Waals surface area contributed by atoms with Crippen LogP contribution in [0.2, 0.25) is 5.02 Å². The van der Waals surface area contributed by atoms with Crippen LogP contribution < -0.4 is 10.1 Å². The molecule has 46 heavy (non-hydrogen) atoms. The monoisotopic (exact) mass is 664 g/mol. The highest BCUT2D eigenvalue weighted by Gasteiger charge is 2.55. The number of nitrogens with zero attached hydrogens (tertiary/aromatic N) is 1. The first-order valence-corrected chi connectivity index (χ1v) is 14.9. The lowest BCUT2D eigenvalue weighted by atomic mass is 9.83. The van der Waals surface area contributed by atoms with Crippen molar-refractivity contribution >= 4 is 29.3 Å². The molecule has 1 aliphatic carbocycles. The summed E-state index contributed by atoms with van der Waals surface area (Å²) in [5.74, 6) is -1.06. The quantitative estimate of drug-likeness (QED) is 0.112. The van der Waals surface area contributed by atoms with Gasteiger partial charge in [0.1, 0.15) is 56.1 Å². The summed E-state index contributed by atoms with van der Waals surface area (Å²) in [5, 5.41) is 70.9. The third-order valence-corrected chi connectivity index (χ3v) is 8.47. The second-order valence-corrected chi connectivity index (χ2v) is 12.2. The number of amides is 1. The van der Waals surface area contributed by atoms with E-state index in [-0.39, 0.29) is 36.2 Å². The Bertz CT molecular complexity index is 1490. The van der Waals surface area contributed by atoms with Gasteiger partial charge in [-0.25, -0.2) is 0 Å². The number of carbonyl (C=O) groups is 1. The SMILES string of the molecule is C/C(=C\c1ccc(O[C@@H]2O[C@H](/C(C)=N/OCc3cccc(Cl)c3)[C@@H](O)[C@]2(C)O)c(O)c1)C(=O)N[C@@H]1[C@H](O)[C@@H](O)[C@H]2OCO[C@H]2[C@@H]1O. The van der Waals surface area contributed by atoms with Crippen LogP contribution in [0.25, 0.3) is 6.08 Å². The van der Waals surface area contributed by atoms with E-state index in [1.165, 1.54) is 38.1 Å². The number of aliphatic hydroxyl groups is 5. The molecule has 0 aromatic heterocycles. The average Bonchev–Trinajstić information content (AvgIpc) is 3.59. The topological polar surface area (TPSA) is 209 Å². The molecule has 15 heteroatoms. The number of rotatable bonds is 9. The van der Waals surface area contributed by atoms with Crippen molar-refractivity contribution in [1.29, 1.82) is 0 Å². The van der Waals surface area contributed by atoms with Crippen LogP contribution in [0, 0.1) is 0 Å². The molecule has 0 spiro atoms. The van der Waals surface area contributed by atoms with Gasteiger partial charge in [0, 0.05) is 10.6 Å². The minimum Gasteiger partial charge on any atom is -0.504 e. The lowest BCUT2D eigenvalue weighted by molar-refractivity contribution is -0.155. The Labute approximate surface area is 269 Å². The molecule has 1 saturated carbocycles. The number of hydrogen-bond donors (Lipinski definition) is 7. The van der Waals surface area contributed by atoms with Gasteiger partial charge in [0.05, 0.1) is 11.8 Å². The van der Waals surface area contributed by atoms with Crippen molar-refractivity contribution in [2.24, 2.45) is 5.16 Å². The van der Waals surface area contributed by atoms with Gasteiger partial charge in [-0.15, -0.1) is 0 Å². The number of phenolic OH excluding ortho intramolecular Hbond substituents is 1. The first kappa shape index (κ1) is 34.0. The van der Waals surface area contributed by atoms with E-state index < -0.39 is 66.6 Å². The molecule has 14 nitrogen and oxygen atoms in total. The minimum atomic E-state index is -1.90. The summed E-state index contributed by atoms with van der Waals surface area (Å²) in [4.78, 5) is 18.3. The highest BCUT2D eigenvalue weighted by Crippen LogP contribution is 2.37. The van der Waals surface area contributed by atoms with E-state index in [1.54, 1.807) is 25.1 Å². The molecule has 1 amide bonds. The van der Waals surface area contributed by atoms with Crippen LogP contribution in [0.15, 0.2) is 53.2 Å². The third kappa shape index (κ3) is 7.00. The maximum absolute atomic E-state index is 12.9. The highest BCUT2D eigenvalue weighted by molar-refractivity contribution is 6.30. The fraction of sp³-hybridized carbons (Fsp3) is 0.484. The van der Waals surface area contributed by atoms with Gasteiger partial charge in [-0.2, -0.15) is 0 Å². The van der Waals surface area contributed by atoms with E-state index in [0.717, 1.165) is 5.56 Å². The van der Waals surface area contributed by atoms with Gasteiger partial charge in [0.25, 0.3) is 0 Å². The summed E-state index contributed by atoms with van der Waals surface area (Å²) in [5.41, 5.74) is -0.319. The standard InChI is InChI=1S/C31H37ClN2O12/c1-14(29(40)33-21-22(36)24(38)27-26(23(21)37)42-13-43-27)9-16-7-8-20(19(35)11-16)45-30-31(3,41)28(39)25(46-30)15(2)34-44-12-17-5-4-6-18(32)10-17/h4-11,21-28,30,35-39,41H,12-13H2,1-3H3,(H,33,40)/b14-9+,34-15+/t21-,22+,23-,24-,25-,26+,27-,28-,30-,31+/m1/s1. The molecule has 7 N–H and O–H groups in total. The van der Waals surface area contributed by atoms with Crippen LogP contribution in [0.5, 0.6) is 11.5 Å². The highest BCUT2D eigenvalue weighted by atomic mass is 35.5. The van der Waals surface area contributed by atoms with Crippen molar-refractivity contribution in [3.05, 3.63) is 64.2 Å². The fourth-order valence-corrected chi connectivity index (χ4v) is 5.74. The van der Waals surface area contributed by atoms with E-state index in [2.05, 4.69) is 10.5 Å². The van der Waals surface area contributed by atoms with Crippen molar-refractivity contribution in [2.45, 2.75) is 88.0 Å². The van der Waals surface area contributed by atoms with Crippen molar-refractivity contribution in [1.82, 2.24) is 5.32 Å². The van der Waals surface area contributed by atoms with E-state index in [9.17, 15) is 35.4 Å². The van der Waals surface area contributed by atoms with Gasteiger partial charge in [-0.05, 0) is 62.2 Å². The van der Waals surface area contributed by atoms with E-state index in [4.69, 9.17) is 35.4 Å². The van der Waals surface area contributed by atoms with Gasteiger partial charge in [-0.3, -0.25) is 4.79 Å². The molecule has 0 unspecified atom stereocenters. The fourth-order valence-electron chi connectivity index (χ4n) is 5.53. The second kappa shape index (κ2) is 13.8. The molecule has 0 radical (unpaired) electrons. The molecular weight excluding hydrogens is 628 g/mol. The molecular formula is C31H37ClN2O12. The maximum atomic E-state index is 12.9. The molecule has 2 aromatic carbocycles. The van der Waals surface area contributed by atoms with Gasteiger partial charge in [0.2, 0.25) is 12.2 Å². The van der Waals surface area contributed by atoms with Crippen LogP contribution in [0.3, 0.4) is 0 Å².